The fraction of sp³-hybridized carbons (Fsp3) is 0.355. The summed E-state index contributed by atoms with van der Waals surface area (Å²) in [4.78, 5) is 14.8. The first-order valence-corrected chi connectivity index (χ1v) is 16.2. The zero-order valence-corrected chi connectivity index (χ0v) is 25.6. The Bertz CT molecular complexity index is 1740. The van der Waals surface area contributed by atoms with Crippen molar-refractivity contribution in [2.75, 3.05) is 49.6 Å². The summed E-state index contributed by atoms with van der Waals surface area (Å²) in [5, 5.41) is 2.54. The van der Waals surface area contributed by atoms with Crippen LogP contribution in [0.15, 0.2) is 70.0 Å². The van der Waals surface area contributed by atoms with E-state index in [4.69, 9.17) is 14.7 Å². The van der Waals surface area contributed by atoms with E-state index >= 15 is 0 Å². The number of sulfonamides is 1. The lowest BCUT2D eigenvalue weighted by Crippen LogP contribution is -2.50. The first-order valence-electron chi connectivity index (χ1n) is 14.0. The van der Waals surface area contributed by atoms with Gasteiger partial charge in [0.1, 0.15) is 5.82 Å². The van der Waals surface area contributed by atoms with E-state index in [1.807, 2.05) is 0 Å². The summed E-state index contributed by atoms with van der Waals surface area (Å²) >= 11 is 3.39. The molecule has 2 fully saturated rings. The largest absolute Gasteiger partial charge is 0.467 e. The third-order valence-corrected chi connectivity index (χ3v) is 11.2. The molecule has 3 heterocycles. The monoisotopic (exact) mass is 633 g/mol. The number of fused-ring (bicyclic) bond motifs is 3. The van der Waals surface area contributed by atoms with Crippen molar-refractivity contribution in [1.82, 2.24) is 14.3 Å². The number of nitrogens with zero attached hydrogens (tertiary/aromatic N) is 5. The first kappa shape index (κ1) is 26.7. The van der Waals surface area contributed by atoms with Crippen molar-refractivity contribution in [3.05, 3.63) is 82.0 Å². The van der Waals surface area contributed by atoms with Gasteiger partial charge in [0.2, 0.25) is 10.0 Å². The van der Waals surface area contributed by atoms with Crippen LogP contribution in [0.4, 0.5) is 11.5 Å². The number of anilines is 2. The van der Waals surface area contributed by atoms with Gasteiger partial charge in [-0.1, -0.05) is 46.3 Å². The molecule has 0 amide bonds. The van der Waals surface area contributed by atoms with Crippen molar-refractivity contribution in [2.24, 2.45) is 0 Å². The third-order valence-electron chi connectivity index (χ3n) is 8.77. The van der Waals surface area contributed by atoms with E-state index in [-0.39, 0.29) is 5.41 Å². The molecule has 1 saturated carbocycles. The van der Waals surface area contributed by atoms with Crippen molar-refractivity contribution in [1.29, 1.82) is 0 Å². The van der Waals surface area contributed by atoms with Gasteiger partial charge in [-0.05, 0) is 61.0 Å². The minimum absolute atomic E-state index is 0.0132. The minimum atomic E-state index is -3.56. The fourth-order valence-corrected chi connectivity index (χ4v) is 8.21. The van der Waals surface area contributed by atoms with Crippen LogP contribution in [-0.4, -0.2) is 62.5 Å². The number of piperazine rings is 1. The predicted octanol–water partition coefficient (Wildman–Crippen LogP) is 5.27. The van der Waals surface area contributed by atoms with E-state index in [2.05, 4.69) is 69.1 Å². The Balaban J connectivity index is 1.21. The lowest BCUT2D eigenvalue weighted by Gasteiger charge is -2.41. The number of hydrogen-bond donors (Lipinski definition) is 0. The highest BCUT2D eigenvalue weighted by atomic mass is 79.9. The molecule has 41 heavy (non-hydrogen) atoms. The van der Waals surface area contributed by atoms with Gasteiger partial charge < -0.3 is 14.5 Å². The van der Waals surface area contributed by atoms with Gasteiger partial charge in [-0.15, -0.1) is 0 Å². The molecule has 212 valence electrons. The highest BCUT2D eigenvalue weighted by Gasteiger charge is 2.53. The second-order valence-corrected chi connectivity index (χ2v) is 14.1. The van der Waals surface area contributed by atoms with Gasteiger partial charge in [0.05, 0.1) is 24.2 Å². The predicted molar refractivity (Wildman–Crippen MR) is 164 cm³/mol. The summed E-state index contributed by atoms with van der Waals surface area (Å²) in [5.74, 6) is 0.902. The molecule has 0 N–H and O–H groups in total. The van der Waals surface area contributed by atoms with Crippen molar-refractivity contribution in [2.45, 2.75) is 36.6 Å². The van der Waals surface area contributed by atoms with E-state index in [9.17, 15) is 8.42 Å². The number of benzene rings is 3. The van der Waals surface area contributed by atoms with Gasteiger partial charge in [-0.3, -0.25) is 0 Å². The van der Waals surface area contributed by atoms with Crippen molar-refractivity contribution < 1.29 is 13.2 Å². The van der Waals surface area contributed by atoms with Crippen LogP contribution < -0.4 is 14.5 Å². The van der Waals surface area contributed by atoms with E-state index in [1.165, 1.54) is 27.6 Å². The Morgan fingerprint density at radius 3 is 2.29 bits per heavy atom. The molecule has 10 heteroatoms. The summed E-state index contributed by atoms with van der Waals surface area (Å²) in [6.07, 6.45) is 2.17. The molecule has 0 atom stereocenters. The molecule has 1 aliphatic carbocycles. The summed E-state index contributed by atoms with van der Waals surface area (Å²) < 4.78 is 34.7. The van der Waals surface area contributed by atoms with Crippen LogP contribution in [0.25, 0.3) is 10.8 Å². The highest BCUT2D eigenvalue weighted by Crippen LogP contribution is 2.56. The fourth-order valence-electron chi connectivity index (χ4n) is 6.53. The highest BCUT2D eigenvalue weighted by molar-refractivity contribution is 9.10. The van der Waals surface area contributed by atoms with Gasteiger partial charge in [-0.2, -0.15) is 14.3 Å². The summed E-state index contributed by atoms with van der Waals surface area (Å²) in [5.41, 5.74) is 4.72. The van der Waals surface area contributed by atoms with Crippen LogP contribution >= 0.6 is 15.9 Å². The summed E-state index contributed by atoms with van der Waals surface area (Å²) in [6, 6.07) is 20.2. The van der Waals surface area contributed by atoms with Crippen LogP contribution in [0.1, 0.15) is 29.7 Å². The van der Waals surface area contributed by atoms with Crippen molar-refractivity contribution in [3.8, 4) is 6.01 Å². The topological polar surface area (TPSA) is 78.9 Å². The molecular formula is C31H32BrN5O3S. The maximum Gasteiger partial charge on any atom is 0.318 e. The molecule has 2 aliphatic heterocycles. The SMILES string of the molecule is COc1nc2c(c(N3CCN(S(=O)(=O)c4ccc(Br)cc4)CC3)n1)C1(CC1)CN(c1cccc3cccc(C)c13)C2. The van der Waals surface area contributed by atoms with Crippen LogP contribution in [0.3, 0.4) is 0 Å². The Morgan fingerprint density at radius 2 is 1.61 bits per heavy atom. The molecule has 1 spiro atoms. The molecule has 0 bridgehead atoms. The zero-order valence-electron chi connectivity index (χ0n) is 23.2. The van der Waals surface area contributed by atoms with Gasteiger partial charge >= 0.3 is 6.01 Å². The third kappa shape index (κ3) is 4.56. The molecule has 3 aliphatic rings. The molecule has 7 rings (SSSR count). The van der Waals surface area contributed by atoms with Crippen LogP contribution in [0.5, 0.6) is 6.01 Å². The van der Waals surface area contributed by atoms with Crippen molar-refractivity contribution >= 4 is 48.2 Å². The summed E-state index contributed by atoms with van der Waals surface area (Å²) in [7, 11) is -1.96. The quantitative estimate of drug-likeness (QED) is 0.296. The molecule has 1 saturated heterocycles. The van der Waals surface area contributed by atoms with Gasteiger partial charge in [0, 0.05) is 59.2 Å². The standard InChI is InChI=1S/C31H32BrN5O3S/c1-21-5-3-6-22-7-4-8-26(27(21)22)36-19-25-28(31(20-36)13-14-31)29(34-30(33-25)40-2)35-15-17-37(18-16-35)41(38,39)24-11-9-23(32)10-12-24/h3-12H,13-20H2,1-2H3. The maximum atomic E-state index is 13.3. The smallest absolute Gasteiger partial charge is 0.318 e. The van der Waals surface area contributed by atoms with E-state index < -0.39 is 10.0 Å². The van der Waals surface area contributed by atoms with Gasteiger partial charge in [-0.25, -0.2) is 8.42 Å². The molecule has 4 aromatic rings. The molecular weight excluding hydrogens is 602 g/mol. The molecule has 1 aromatic heterocycles. The van der Waals surface area contributed by atoms with E-state index in [1.54, 1.807) is 35.7 Å². The Kier molecular flexibility index (Phi) is 6.48. The average molecular weight is 635 g/mol. The van der Waals surface area contributed by atoms with Crippen LogP contribution in [-0.2, 0) is 22.0 Å². The Hall–Kier alpha value is -3.21. The van der Waals surface area contributed by atoms with E-state index in [0.717, 1.165) is 35.4 Å². The van der Waals surface area contributed by atoms with Crippen LogP contribution in [0.2, 0.25) is 0 Å². The molecule has 0 radical (unpaired) electrons. The first-order chi connectivity index (χ1) is 19.8. The van der Waals surface area contributed by atoms with Crippen LogP contribution in [0, 0.1) is 6.92 Å². The summed E-state index contributed by atoms with van der Waals surface area (Å²) in [6.45, 7) is 5.68. The Morgan fingerprint density at radius 1 is 0.902 bits per heavy atom. The van der Waals surface area contributed by atoms with Gasteiger partial charge in [0.25, 0.3) is 0 Å². The lowest BCUT2D eigenvalue weighted by atomic mass is 9.88. The van der Waals surface area contributed by atoms with Crippen molar-refractivity contribution in [3.63, 3.8) is 0 Å². The number of rotatable bonds is 5. The number of ether oxygens (including phenoxy) is 1. The number of aryl methyl sites for hydroxylation is 1. The molecule has 8 nitrogen and oxygen atoms in total. The van der Waals surface area contributed by atoms with Gasteiger partial charge in [0.15, 0.2) is 0 Å². The number of methoxy groups -OCH3 is 1. The second kappa shape index (κ2) is 9.96. The maximum absolute atomic E-state index is 13.3. The number of aromatic nitrogens is 2. The number of hydrogen-bond acceptors (Lipinski definition) is 7. The lowest BCUT2D eigenvalue weighted by molar-refractivity contribution is 0.366. The molecule has 0 unspecified atom stereocenters. The zero-order chi connectivity index (χ0) is 28.4. The Labute approximate surface area is 249 Å². The minimum Gasteiger partial charge on any atom is -0.467 e. The normalized spacial score (nSPS) is 18.5. The average Bonchev–Trinajstić information content (AvgIpc) is 3.75. The second-order valence-electron chi connectivity index (χ2n) is 11.3. The number of halogens is 1. The van der Waals surface area contributed by atoms with E-state index in [0.29, 0.717) is 43.6 Å². The molecule has 3 aromatic carbocycles.